The lowest BCUT2D eigenvalue weighted by atomic mass is 10.1. The fraction of sp³-hybridized carbons (Fsp3) is 0.294. The van der Waals surface area contributed by atoms with Gasteiger partial charge in [-0.15, -0.1) is 0 Å². The molecule has 0 unspecified atom stereocenters. The molecule has 3 nitrogen and oxygen atoms in total. The number of aldehydes is 1. The number of hydrogen-bond acceptors (Lipinski definition) is 2. The second-order valence-electron chi connectivity index (χ2n) is 5.25. The van der Waals surface area contributed by atoms with Crippen LogP contribution in [0.3, 0.4) is 0 Å². The summed E-state index contributed by atoms with van der Waals surface area (Å²) in [6.07, 6.45) is 3.68. The number of benzene rings is 1. The number of pyridine rings is 1. The molecule has 0 N–H and O–H groups in total. The molecule has 2 aromatic rings. The fourth-order valence-electron chi connectivity index (χ4n) is 2.50. The molecule has 1 aromatic carbocycles. The molecule has 0 spiro atoms. The third kappa shape index (κ3) is 2.20. The first-order valence-electron chi connectivity index (χ1n) is 7.04. The van der Waals surface area contributed by atoms with Crippen molar-refractivity contribution < 1.29 is 4.79 Å². The van der Waals surface area contributed by atoms with E-state index in [-0.39, 0.29) is 17.2 Å². The molecule has 0 bridgehead atoms. The molecule has 3 heteroatoms. The molecule has 1 saturated carbocycles. The molecule has 1 aromatic heterocycles. The maximum absolute atomic E-state index is 12.3. The van der Waals surface area contributed by atoms with Crippen LogP contribution in [0.1, 0.15) is 41.7 Å². The molecule has 1 aliphatic rings. The van der Waals surface area contributed by atoms with Gasteiger partial charge in [0.05, 0.1) is 11.3 Å². The van der Waals surface area contributed by atoms with Gasteiger partial charge in [-0.2, -0.15) is 0 Å². The van der Waals surface area contributed by atoms with Crippen molar-refractivity contribution in [3.05, 3.63) is 57.9 Å². The number of carbonyl (C=O) groups excluding carboxylic acids is 1. The second kappa shape index (κ2) is 5.08. The lowest BCUT2D eigenvalue weighted by molar-refractivity contribution is 0.112. The lowest BCUT2D eigenvalue weighted by Gasteiger charge is -2.13. The molecular formula is C17H17NO2. The summed E-state index contributed by atoms with van der Waals surface area (Å²) in [5.41, 5.74) is 3.29. The van der Waals surface area contributed by atoms with Gasteiger partial charge in [0.25, 0.3) is 5.56 Å². The van der Waals surface area contributed by atoms with E-state index in [1.54, 1.807) is 10.6 Å². The van der Waals surface area contributed by atoms with Crippen LogP contribution in [0.4, 0.5) is 0 Å². The van der Waals surface area contributed by atoms with E-state index in [2.05, 4.69) is 19.1 Å². The summed E-state index contributed by atoms with van der Waals surface area (Å²) in [6, 6.07) is 12.0. The molecule has 3 rings (SSSR count). The van der Waals surface area contributed by atoms with Gasteiger partial charge >= 0.3 is 0 Å². The van der Waals surface area contributed by atoms with E-state index in [1.807, 2.05) is 18.2 Å². The van der Waals surface area contributed by atoms with Gasteiger partial charge in [-0.1, -0.05) is 31.2 Å². The Balaban J connectivity index is 2.14. The smallest absolute Gasteiger partial charge is 0.261 e. The number of aryl methyl sites for hydroxylation is 1. The summed E-state index contributed by atoms with van der Waals surface area (Å²) in [5, 5.41) is 0. The van der Waals surface area contributed by atoms with E-state index in [9.17, 15) is 9.59 Å². The average molecular weight is 267 g/mol. The van der Waals surface area contributed by atoms with E-state index < -0.39 is 0 Å². The minimum Gasteiger partial charge on any atom is -0.305 e. The molecule has 1 heterocycles. The molecule has 0 aliphatic heterocycles. The predicted octanol–water partition coefficient (Wildman–Crippen LogP) is 3.23. The summed E-state index contributed by atoms with van der Waals surface area (Å²) in [4.78, 5) is 23.3. The molecule has 0 radical (unpaired) electrons. The van der Waals surface area contributed by atoms with Crippen molar-refractivity contribution in [3.8, 4) is 11.3 Å². The van der Waals surface area contributed by atoms with Crippen molar-refractivity contribution in [1.29, 1.82) is 0 Å². The minimum absolute atomic E-state index is 0.167. The summed E-state index contributed by atoms with van der Waals surface area (Å²) >= 11 is 0. The molecule has 20 heavy (non-hydrogen) atoms. The van der Waals surface area contributed by atoms with Crippen LogP contribution in [0.2, 0.25) is 0 Å². The van der Waals surface area contributed by atoms with Gasteiger partial charge in [0.1, 0.15) is 0 Å². The third-order valence-electron chi connectivity index (χ3n) is 3.84. The van der Waals surface area contributed by atoms with E-state index in [0.717, 1.165) is 30.5 Å². The van der Waals surface area contributed by atoms with Crippen LogP contribution in [-0.4, -0.2) is 10.9 Å². The Hall–Kier alpha value is -2.16. The van der Waals surface area contributed by atoms with Crippen LogP contribution >= 0.6 is 0 Å². The Morgan fingerprint density at radius 1 is 1.15 bits per heavy atom. The normalized spacial score (nSPS) is 14.2. The lowest BCUT2D eigenvalue weighted by Crippen LogP contribution is -2.24. The van der Waals surface area contributed by atoms with Gasteiger partial charge < -0.3 is 4.57 Å². The Bertz CT molecular complexity index is 694. The van der Waals surface area contributed by atoms with Crippen LogP contribution < -0.4 is 5.56 Å². The van der Waals surface area contributed by atoms with Crippen molar-refractivity contribution in [2.45, 2.75) is 32.2 Å². The third-order valence-corrected chi connectivity index (χ3v) is 3.84. The van der Waals surface area contributed by atoms with Gasteiger partial charge in [0, 0.05) is 6.04 Å². The highest BCUT2D eigenvalue weighted by Gasteiger charge is 2.27. The number of carbonyl (C=O) groups is 1. The molecule has 0 atom stereocenters. The van der Waals surface area contributed by atoms with Crippen molar-refractivity contribution in [3.63, 3.8) is 0 Å². The molecule has 102 valence electrons. The summed E-state index contributed by atoms with van der Waals surface area (Å²) in [6.45, 7) is 2.12. The second-order valence-corrected chi connectivity index (χ2v) is 5.25. The van der Waals surface area contributed by atoms with Crippen LogP contribution in [0, 0.1) is 0 Å². The van der Waals surface area contributed by atoms with E-state index in [1.165, 1.54) is 5.56 Å². The van der Waals surface area contributed by atoms with Crippen LogP contribution in [0.15, 0.2) is 41.2 Å². The van der Waals surface area contributed by atoms with E-state index in [0.29, 0.717) is 6.29 Å². The molecule has 0 saturated heterocycles. The van der Waals surface area contributed by atoms with Crippen molar-refractivity contribution >= 4 is 6.29 Å². The standard InChI is InChI=1S/C17H17NO2/c1-2-12-3-5-13(6-4-12)16-10-7-14(11-19)17(20)18(16)15-8-9-15/h3-7,10-11,15H,2,8-9H2,1H3. The molecule has 0 amide bonds. The van der Waals surface area contributed by atoms with Gasteiger partial charge in [-0.05, 0) is 42.5 Å². The number of hydrogen-bond donors (Lipinski definition) is 0. The maximum atomic E-state index is 12.3. The Kier molecular flexibility index (Phi) is 3.26. The van der Waals surface area contributed by atoms with Crippen LogP contribution in [-0.2, 0) is 6.42 Å². The largest absolute Gasteiger partial charge is 0.305 e. The summed E-state index contributed by atoms with van der Waals surface area (Å²) < 4.78 is 1.78. The topological polar surface area (TPSA) is 39.1 Å². The van der Waals surface area contributed by atoms with Gasteiger partial charge in [0.15, 0.2) is 6.29 Å². The van der Waals surface area contributed by atoms with E-state index >= 15 is 0 Å². The van der Waals surface area contributed by atoms with Crippen molar-refractivity contribution in [2.75, 3.05) is 0 Å². The summed E-state index contributed by atoms with van der Waals surface area (Å²) in [5.74, 6) is 0. The quantitative estimate of drug-likeness (QED) is 0.798. The highest BCUT2D eigenvalue weighted by Crippen LogP contribution is 2.37. The Labute approximate surface area is 117 Å². The van der Waals surface area contributed by atoms with Crippen LogP contribution in [0.25, 0.3) is 11.3 Å². The maximum Gasteiger partial charge on any atom is 0.261 e. The first kappa shape index (κ1) is 12.9. The highest BCUT2D eigenvalue weighted by molar-refractivity contribution is 5.75. The first-order chi connectivity index (χ1) is 9.74. The van der Waals surface area contributed by atoms with Gasteiger partial charge in [0.2, 0.25) is 0 Å². The number of aromatic nitrogens is 1. The fourth-order valence-corrected chi connectivity index (χ4v) is 2.50. The Morgan fingerprint density at radius 2 is 1.85 bits per heavy atom. The zero-order valence-corrected chi connectivity index (χ0v) is 11.5. The first-order valence-corrected chi connectivity index (χ1v) is 7.04. The highest BCUT2D eigenvalue weighted by atomic mass is 16.1. The van der Waals surface area contributed by atoms with Gasteiger partial charge in [-0.3, -0.25) is 9.59 Å². The molecule has 1 fully saturated rings. The zero-order chi connectivity index (χ0) is 14.1. The monoisotopic (exact) mass is 267 g/mol. The number of nitrogens with zero attached hydrogens (tertiary/aromatic N) is 1. The minimum atomic E-state index is -0.167. The summed E-state index contributed by atoms with van der Waals surface area (Å²) in [7, 11) is 0. The molecular weight excluding hydrogens is 250 g/mol. The van der Waals surface area contributed by atoms with Gasteiger partial charge in [-0.25, -0.2) is 0 Å². The SMILES string of the molecule is CCc1ccc(-c2ccc(C=O)c(=O)n2C2CC2)cc1. The average Bonchev–Trinajstić information content (AvgIpc) is 3.31. The molecule has 1 aliphatic carbocycles. The van der Waals surface area contributed by atoms with Crippen LogP contribution in [0.5, 0.6) is 0 Å². The predicted molar refractivity (Wildman–Crippen MR) is 79.2 cm³/mol. The number of rotatable bonds is 4. The zero-order valence-electron chi connectivity index (χ0n) is 11.5. The Morgan fingerprint density at radius 3 is 2.40 bits per heavy atom. The van der Waals surface area contributed by atoms with Crippen molar-refractivity contribution in [2.24, 2.45) is 0 Å². The van der Waals surface area contributed by atoms with E-state index in [4.69, 9.17) is 0 Å². The van der Waals surface area contributed by atoms with Crippen molar-refractivity contribution in [1.82, 2.24) is 4.57 Å².